The van der Waals surface area contributed by atoms with Gasteiger partial charge in [0.05, 0.1) is 12.2 Å². The molecule has 7 heteroatoms. The zero-order valence-corrected chi connectivity index (χ0v) is 14.2. The second-order valence-corrected chi connectivity index (χ2v) is 5.83. The van der Waals surface area contributed by atoms with Gasteiger partial charge in [0.25, 0.3) is 0 Å². The van der Waals surface area contributed by atoms with Crippen molar-refractivity contribution in [3.05, 3.63) is 66.7 Å². The van der Waals surface area contributed by atoms with Crippen LogP contribution in [0.3, 0.4) is 0 Å². The molecule has 140 valence electrons. The van der Waals surface area contributed by atoms with Crippen molar-refractivity contribution in [1.29, 1.82) is 0 Å². The lowest BCUT2D eigenvalue weighted by Crippen LogP contribution is -2.23. The summed E-state index contributed by atoms with van der Waals surface area (Å²) in [6, 6.07) is 19.4. The standard InChI is InChI=1S/C20H17F3N2O2/c21-20(22,23)13-27-18-11-4-3-9-17(18)24-12-19(26)25-16-10-5-7-14-6-1-2-8-15(14)16/h1-11,24H,12-13H2,(H,25,26). The van der Waals surface area contributed by atoms with E-state index in [-0.39, 0.29) is 18.2 Å². The molecule has 0 heterocycles. The van der Waals surface area contributed by atoms with E-state index in [1.807, 2.05) is 36.4 Å². The second kappa shape index (κ2) is 7.99. The number of anilines is 2. The number of carbonyl (C=O) groups is 1. The fourth-order valence-electron chi connectivity index (χ4n) is 2.60. The average Bonchev–Trinajstić information content (AvgIpc) is 2.65. The van der Waals surface area contributed by atoms with Crippen molar-refractivity contribution in [3.8, 4) is 5.75 Å². The third-order valence-electron chi connectivity index (χ3n) is 3.78. The Morgan fingerprint density at radius 2 is 1.56 bits per heavy atom. The van der Waals surface area contributed by atoms with Crippen LogP contribution >= 0.6 is 0 Å². The van der Waals surface area contributed by atoms with Crippen molar-refractivity contribution < 1.29 is 22.7 Å². The van der Waals surface area contributed by atoms with Gasteiger partial charge < -0.3 is 15.4 Å². The molecule has 0 aromatic heterocycles. The highest BCUT2D eigenvalue weighted by Crippen LogP contribution is 2.26. The van der Waals surface area contributed by atoms with Crippen LogP contribution in [-0.4, -0.2) is 25.2 Å². The lowest BCUT2D eigenvalue weighted by Gasteiger charge is -2.14. The normalized spacial score (nSPS) is 11.2. The van der Waals surface area contributed by atoms with Crippen LogP contribution in [0.1, 0.15) is 0 Å². The molecule has 0 aliphatic heterocycles. The van der Waals surface area contributed by atoms with Gasteiger partial charge in [-0.2, -0.15) is 13.2 Å². The topological polar surface area (TPSA) is 50.4 Å². The number of hydrogen-bond acceptors (Lipinski definition) is 3. The molecule has 0 atom stereocenters. The quantitative estimate of drug-likeness (QED) is 0.650. The molecule has 0 aliphatic carbocycles. The van der Waals surface area contributed by atoms with E-state index in [0.717, 1.165) is 10.8 Å². The molecule has 0 bridgehead atoms. The van der Waals surface area contributed by atoms with Crippen molar-refractivity contribution in [3.63, 3.8) is 0 Å². The van der Waals surface area contributed by atoms with Crippen LogP contribution in [0.5, 0.6) is 5.75 Å². The third kappa shape index (κ3) is 5.13. The molecule has 27 heavy (non-hydrogen) atoms. The van der Waals surface area contributed by atoms with E-state index in [2.05, 4.69) is 10.6 Å². The smallest absolute Gasteiger partial charge is 0.422 e. The third-order valence-corrected chi connectivity index (χ3v) is 3.78. The molecular formula is C20H17F3N2O2. The Labute approximate surface area is 154 Å². The first kappa shape index (κ1) is 18.6. The second-order valence-electron chi connectivity index (χ2n) is 5.83. The SMILES string of the molecule is O=C(CNc1ccccc1OCC(F)(F)F)Nc1cccc2ccccc12. The minimum Gasteiger partial charge on any atom is -0.482 e. The zero-order chi connectivity index (χ0) is 19.3. The molecule has 0 spiro atoms. The molecule has 0 aliphatic rings. The maximum Gasteiger partial charge on any atom is 0.422 e. The highest BCUT2D eigenvalue weighted by molar-refractivity contribution is 6.03. The van der Waals surface area contributed by atoms with Gasteiger partial charge in [-0.15, -0.1) is 0 Å². The lowest BCUT2D eigenvalue weighted by atomic mass is 10.1. The van der Waals surface area contributed by atoms with Crippen LogP contribution in [0.25, 0.3) is 10.8 Å². The highest BCUT2D eigenvalue weighted by atomic mass is 19.4. The van der Waals surface area contributed by atoms with Gasteiger partial charge in [-0.25, -0.2) is 0 Å². The Morgan fingerprint density at radius 3 is 2.37 bits per heavy atom. The number of halogens is 3. The summed E-state index contributed by atoms with van der Waals surface area (Å²) in [4.78, 5) is 12.3. The summed E-state index contributed by atoms with van der Waals surface area (Å²) >= 11 is 0. The van der Waals surface area contributed by atoms with Crippen molar-refractivity contribution in [2.45, 2.75) is 6.18 Å². The first-order valence-electron chi connectivity index (χ1n) is 8.22. The molecule has 0 radical (unpaired) electrons. The molecule has 0 unspecified atom stereocenters. The molecular weight excluding hydrogens is 357 g/mol. The van der Waals surface area contributed by atoms with E-state index in [0.29, 0.717) is 11.4 Å². The summed E-state index contributed by atoms with van der Waals surface area (Å²) in [5.74, 6) is -0.287. The van der Waals surface area contributed by atoms with Gasteiger partial charge >= 0.3 is 6.18 Å². The lowest BCUT2D eigenvalue weighted by molar-refractivity contribution is -0.153. The number of ether oxygens (including phenoxy) is 1. The first-order valence-corrected chi connectivity index (χ1v) is 8.22. The molecule has 1 amide bonds. The summed E-state index contributed by atoms with van der Waals surface area (Å²) in [7, 11) is 0. The van der Waals surface area contributed by atoms with Gasteiger partial charge in [-0.1, -0.05) is 48.5 Å². The number of benzene rings is 3. The predicted molar refractivity (Wildman–Crippen MR) is 99.1 cm³/mol. The molecule has 4 nitrogen and oxygen atoms in total. The Morgan fingerprint density at radius 1 is 0.889 bits per heavy atom. The van der Waals surface area contributed by atoms with E-state index in [9.17, 15) is 18.0 Å². The number of rotatable bonds is 6. The maximum atomic E-state index is 12.3. The maximum absolute atomic E-state index is 12.3. The fraction of sp³-hybridized carbons (Fsp3) is 0.150. The van der Waals surface area contributed by atoms with Crippen LogP contribution in [0, 0.1) is 0 Å². The van der Waals surface area contributed by atoms with Gasteiger partial charge in [-0.3, -0.25) is 4.79 Å². The minimum absolute atomic E-state index is 0.0350. The number of carbonyl (C=O) groups excluding carboxylic acids is 1. The van der Waals surface area contributed by atoms with Gasteiger partial charge in [0, 0.05) is 11.1 Å². The summed E-state index contributed by atoms with van der Waals surface area (Å²) in [6.07, 6.45) is -4.43. The number of nitrogens with one attached hydrogen (secondary N) is 2. The Bertz CT molecular complexity index is 936. The number of hydrogen-bond donors (Lipinski definition) is 2. The van der Waals surface area contributed by atoms with Crippen LogP contribution in [0.4, 0.5) is 24.5 Å². The summed E-state index contributed by atoms with van der Waals surface area (Å²) < 4.78 is 41.8. The Hall–Kier alpha value is -3.22. The zero-order valence-electron chi connectivity index (χ0n) is 14.2. The van der Waals surface area contributed by atoms with Crippen molar-refractivity contribution >= 4 is 28.1 Å². The van der Waals surface area contributed by atoms with E-state index in [1.54, 1.807) is 24.3 Å². The largest absolute Gasteiger partial charge is 0.482 e. The Balaban J connectivity index is 1.64. The van der Waals surface area contributed by atoms with E-state index >= 15 is 0 Å². The van der Waals surface area contributed by atoms with Gasteiger partial charge in [0.1, 0.15) is 5.75 Å². The van der Waals surface area contributed by atoms with Crippen LogP contribution in [0.15, 0.2) is 66.7 Å². The number of amides is 1. The van der Waals surface area contributed by atoms with E-state index in [4.69, 9.17) is 4.74 Å². The van der Waals surface area contributed by atoms with Gasteiger partial charge in [0.15, 0.2) is 6.61 Å². The molecule has 3 aromatic carbocycles. The molecule has 3 rings (SSSR count). The van der Waals surface area contributed by atoms with Crippen LogP contribution in [0.2, 0.25) is 0 Å². The van der Waals surface area contributed by atoms with E-state index in [1.165, 1.54) is 6.07 Å². The first-order chi connectivity index (χ1) is 12.9. The summed E-state index contributed by atoms with van der Waals surface area (Å²) in [6.45, 7) is -1.51. The molecule has 2 N–H and O–H groups in total. The fourth-order valence-corrected chi connectivity index (χ4v) is 2.60. The molecule has 0 saturated carbocycles. The number of alkyl halides is 3. The summed E-state index contributed by atoms with van der Waals surface area (Å²) in [5.41, 5.74) is 0.983. The van der Waals surface area contributed by atoms with Crippen molar-refractivity contribution in [2.24, 2.45) is 0 Å². The summed E-state index contributed by atoms with van der Waals surface area (Å²) in [5, 5.41) is 7.52. The number of fused-ring (bicyclic) bond motifs is 1. The Kier molecular flexibility index (Phi) is 5.49. The highest BCUT2D eigenvalue weighted by Gasteiger charge is 2.28. The molecule has 0 fully saturated rings. The van der Waals surface area contributed by atoms with Crippen molar-refractivity contribution in [2.75, 3.05) is 23.8 Å². The van der Waals surface area contributed by atoms with Gasteiger partial charge in [0.2, 0.25) is 5.91 Å². The van der Waals surface area contributed by atoms with Crippen LogP contribution < -0.4 is 15.4 Å². The van der Waals surface area contributed by atoms with Crippen molar-refractivity contribution in [1.82, 2.24) is 0 Å². The monoisotopic (exact) mass is 374 g/mol. The average molecular weight is 374 g/mol. The number of para-hydroxylation sites is 2. The predicted octanol–water partition coefficient (Wildman–Crippen LogP) is 4.83. The minimum atomic E-state index is -4.43. The van der Waals surface area contributed by atoms with Crippen LogP contribution in [-0.2, 0) is 4.79 Å². The van der Waals surface area contributed by atoms with E-state index < -0.39 is 12.8 Å². The van der Waals surface area contributed by atoms with Gasteiger partial charge in [-0.05, 0) is 23.6 Å². The molecule has 0 saturated heterocycles. The molecule has 3 aromatic rings.